The molecule has 10 heteroatoms. The number of nitrogens with one attached hydrogen (secondary N) is 1. The van der Waals surface area contributed by atoms with E-state index < -0.39 is 53.3 Å². The molecule has 0 aromatic heterocycles. The molecule has 1 aromatic rings. The molecule has 3 fully saturated rings. The molecule has 46 heavy (non-hydrogen) atoms. The van der Waals surface area contributed by atoms with Crippen LogP contribution in [0.4, 0.5) is 0 Å². The smallest absolute Gasteiger partial charge is 0.326 e. The van der Waals surface area contributed by atoms with Gasteiger partial charge in [0.05, 0.1) is 6.42 Å². The predicted molar refractivity (Wildman–Crippen MR) is 166 cm³/mol. The maximum atomic E-state index is 13.9. The summed E-state index contributed by atoms with van der Waals surface area (Å²) in [5.41, 5.74) is -0.0868. The molecule has 1 aromatic carbocycles. The van der Waals surface area contributed by atoms with Crippen LogP contribution in [0.15, 0.2) is 42.0 Å². The number of carbonyl (C=O) groups is 6. The Balaban J connectivity index is 1.21. The number of aliphatic carboxylic acids is 1. The number of rotatable bonds is 11. The molecule has 0 bridgehead atoms. The third-order valence-electron chi connectivity index (χ3n) is 11.7. The van der Waals surface area contributed by atoms with Gasteiger partial charge < -0.3 is 19.9 Å². The summed E-state index contributed by atoms with van der Waals surface area (Å²) < 4.78 is 11.3. The molecule has 5 rings (SSSR count). The maximum absolute atomic E-state index is 13.9. The first-order valence-corrected chi connectivity index (χ1v) is 16.5. The van der Waals surface area contributed by atoms with Crippen molar-refractivity contribution in [2.24, 2.45) is 28.6 Å². The van der Waals surface area contributed by atoms with Gasteiger partial charge in [0.1, 0.15) is 6.04 Å². The Bertz CT molecular complexity index is 1440. The number of hydrogen-bond donors (Lipinski definition) is 2. The minimum Gasteiger partial charge on any atom is -0.480 e. The summed E-state index contributed by atoms with van der Waals surface area (Å²) in [5, 5.41) is 12.0. The zero-order valence-electron chi connectivity index (χ0n) is 27.0. The molecule has 10 nitrogen and oxygen atoms in total. The second-order valence-electron chi connectivity index (χ2n) is 14.1. The normalized spacial score (nSPS) is 32.1. The molecular formula is C36H45NO9. The van der Waals surface area contributed by atoms with Gasteiger partial charge in [0.15, 0.2) is 18.0 Å². The minimum atomic E-state index is -1.42. The Morgan fingerprint density at radius 1 is 0.957 bits per heavy atom. The monoisotopic (exact) mass is 635 g/mol. The lowest BCUT2D eigenvalue weighted by Crippen LogP contribution is -2.59. The van der Waals surface area contributed by atoms with E-state index >= 15 is 0 Å². The van der Waals surface area contributed by atoms with Crippen LogP contribution < -0.4 is 5.32 Å². The van der Waals surface area contributed by atoms with Crippen molar-refractivity contribution in [1.82, 2.24) is 5.32 Å². The van der Waals surface area contributed by atoms with Crippen molar-refractivity contribution < 1.29 is 43.3 Å². The van der Waals surface area contributed by atoms with Gasteiger partial charge in [0.25, 0.3) is 0 Å². The van der Waals surface area contributed by atoms with Gasteiger partial charge in [0, 0.05) is 31.6 Å². The lowest BCUT2D eigenvalue weighted by Gasteiger charge is -2.59. The standard InChI is InChI=1S/C36H45NO9/c1-22(38)46-36(18-15-28-26-10-9-24-20-25(39)13-16-34(24,2)27(26)14-17-35(28,36)3)30(40)21-45-32(42)12-11-31(41)37-29(33(43)44)19-23-7-5-4-6-8-23/h4-8,20,26-29H,9-19,21H2,1-3H3,(H,37,41)(H,43,44)/t26-,27-,28-,29-,34+,35+,36+/m1/s1. The molecule has 0 aliphatic heterocycles. The molecule has 0 heterocycles. The van der Waals surface area contributed by atoms with E-state index in [4.69, 9.17) is 9.47 Å². The number of carboxylic acids is 1. The summed E-state index contributed by atoms with van der Waals surface area (Å²) in [6.07, 6.45) is 7.10. The van der Waals surface area contributed by atoms with E-state index in [9.17, 15) is 33.9 Å². The van der Waals surface area contributed by atoms with Gasteiger partial charge in [-0.1, -0.05) is 49.8 Å². The molecule has 4 aliphatic rings. The van der Waals surface area contributed by atoms with Crippen LogP contribution in [0.2, 0.25) is 0 Å². The summed E-state index contributed by atoms with van der Waals surface area (Å²) in [4.78, 5) is 75.4. The molecule has 0 spiro atoms. The fourth-order valence-electron chi connectivity index (χ4n) is 9.35. The molecule has 248 valence electrons. The highest BCUT2D eigenvalue weighted by Crippen LogP contribution is 2.68. The van der Waals surface area contributed by atoms with E-state index in [-0.39, 0.29) is 36.4 Å². The van der Waals surface area contributed by atoms with E-state index in [2.05, 4.69) is 12.2 Å². The van der Waals surface area contributed by atoms with Crippen molar-refractivity contribution in [3.63, 3.8) is 0 Å². The third kappa shape index (κ3) is 6.27. The van der Waals surface area contributed by atoms with Gasteiger partial charge in [-0.3, -0.25) is 24.0 Å². The highest BCUT2D eigenvalue weighted by molar-refractivity contribution is 5.94. The van der Waals surface area contributed by atoms with Crippen molar-refractivity contribution in [3.05, 3.63) is 47.5 Å². The molecule has 2 N–H and O–H groups in total. The van der Waals surface area contributed by atoms with Gasteiger partial charge in [-0.25, -0.2) is 4.79 Å². The lowest BCUT2D eigenvalue weighted by atomic mass is 9.46. The Hall–Kier alpha value is -3.82. The number of carbonyl (C=O) groups excluding carboxylic acids is 5. The fraction of sp³-hybridized carbons (Fsp3) is 0.611. The maximum Gasteiger partial charge on any atom is 0.326 e. The second kappa shape index (κ2) is 13.1. The molecule has 1 amide bonds. The Labute approximate surface area is 269 Å². The van der Waals surface area contributed by atoms with Gasteiger partial charge in [-0.2, -0.15) is 0 Å². The highest BCUT2D eigenvalue weighted by Gasteiger charge is 2.68. The van der Waals surface area contributed by atoms with Crippen LogP contribution in [0.25, 0.3) is 0 Å². The van der Waals surface area contributed by atoms with Crippen LogP contribution >= 0.6 is 0 Å². The van der Waals surface area contributed by atoms with Crippen molar-refractivity contribution in [2.75, 3.05) is 6.61 Å². The Kier molecular flexibility index (Phi) is 9.57. The van der Waals surface area contributed by atoms with Gasteiger partial charge >= 0.3 is 17.9 Å². The topological polar surface area (TPSA) is 153 Å². The van der Waals surface area contributed by atoms with Gasteiger partial charge in [-0.05, 0) is 79.8 Å². The van der Waals surface area contributed by atoms with E-state index in [1.807, 2.05) is 19.1 Å². The van der Waals surface area contributed by atoms with Crippen LogP contribution in [0, 0.1) is 28.6 Å². The Morgan fingerprint density at radius 2 is 1.67 bits per heavy atom. The average Bonchev–Trinajstić information content (AvgIpc) is 3.31. The number of ether oxygens (including phenoxy) is 2. The van der Waals surface area contributed by atoms with E-state index in [1.54, 1.807) is 24.3 Å². The zero-order chi connectivity index (χ0) is 33.3. The molecule has 7 atom stereocenters. The molecule has 0 saturated heterocycles. The molecule has 4 aliphatic carbocycles. The minimum absolute atomic E-state index is 0.0390. The summed E-state index contributed by atoms with van der Waals surface area (Å²) >= 11 is 0. The molecule has 0 unspecified atom stereocenters. The first kappa shape index (κ1) is 33.5. The van der Waals surface area contributed by atoms with Gasteiger partial charge in [0.2, 0.25) is 11.7 Å². The van der Waals surface area contributed by atoms with Crippen molar-refractivity contribution >= 4 is 35.4 Å². The van der Waals surface area contributed by atoms with Crippen LogP contribution in [0.5, 0.6) is 0 Å². The molecular weight excluding hydrogens is 590 g/mol. The number of Topliss-reactive ketones (excluding diaryl/α,β-unsaturated/α-hetero) is 1. The number of amides is 1. The zero-order valence-corrected chi connectivity index (χ0v) is 27.0. The van der Waals surface area contributed by atoms with Crippen LogP contribution in [-0.4, -0.2) is 58.7 Å². The van der Waals surface area contributed by atoms with Crippen LogP contribution in [0.1, 0.15) is 90.5 Å². The SMILES string of the molecule is CC(=O)O[C@]1(C(=O)COC(=O)CCC(=O)N[C@H](Cc2ccccc2)C(=O)O)CC[C@@H]2[C@@H]3CCC4=CC(=O)CC[C@]4(C)[C@@H]3CC[C@@]21C. The number of esters is 2. The first-order chi connectivity index (χ1) is 21.8. The molecule has 0 radical (unpaired) electrons. The quantitative estimate of drug-likeness (QED) is 0.334. The van der Waals surface area contributed by atoms with E-state index in [1.165, 1.54) is 12.5 Å². The highest BCUT2D eigenvalue weighted by atomic mass is 16.6. The average molecular weight is 636 g/mol. The Morgan fingerprint density at radius 3 is 2.37 bits per heavy atom. The second-order valence-corrected chi connectivity index (χ2v) is 14.1. The van der Waals surface area contributed by atoms with Crippen LogP contribution in [-0.2, 0) is 44.7 Å². The number of carboxylic acid groups (broad SMARTS) is 1. The number of benzene rings is 1. The summed E-state index contributed by atoms with van der Waals surface area (Å²) in [6.45, 7) is 5.04. The fourth-order valence-corrected chi connectivity index (χ4v) is 9.35. The van der Waals surface area contributed by atoms with E-state index in [0.29, 0.717) is 37.5 Å². The summed E-state index contributed by atoms with van der Waals surface area (Å²) in [7, 11) is 0. The first-order valence-electron chi connectivity index (χ1n) is 16.5. The molecule has 3 saturated carbocycles. The summed E-state index contributed by atoms with van der Waals surface area (Å²) in [6, 6.07) is 7.74. The van der Waals surface area contributed by atoms with Gasteiger partial charge in [-0.15, -0.1) is 0 Å². The van der Waals surface area contributed by atoms with Crippen molar-refractivity contribution in [3.8, 4) is 0 Å². The van der Waals surface area contributed by atoms with Crippen LogP contribution in [0.3, 0.4) is 0 Å². The largest absolute Gasteiger partial charge is 0.480 e. The predicted octanol–water partition coefficient (Wildman–Crippen LogP) is 4.52. The number of ketones is 2. The third-order valence-corrected chi connectivity index (χ3v) is 11.7. The number of allylic oxidation sites excluding steroid dienone is 1. The lowest BCUT2D eigenvalue weighted by molar-refractivity contribution is -0.191. The van der Waals surface area contributed by atoms with Crippen molar-refractivity contribution in [1.29, 1.82) is 0 Å². The van der Waals surface area contributed by atoms with Crippen molar-refractivity contribution in [2.45, 2.75) is 103 Å². The summed E-state index contributed by atoms with van der Waals surface area (Å²) in [5.74, 6) is -2.53. The number of hydrogen-bond acceptors (Lipinski definition) is 8. The van der Waals surface area contributed by atoms with E-state index in [0.717, 1.165) is 31.2 Å². The number of fused-ring (bicyclic) bond motifs is 5.